The fourth-order valence-corrected chi connectivity index (χ4v) is 2.79. The van der Waals surface area contributed by atoms with Crippen LogP contribution < -0.4 is 10.6 Å². The third kappa shape index (κ3) is 4.63. The van der Waals surface area contributed by atoms with Crippen molar-refractivity contribution in [3.8, 4) is 0 Å². The average molecular weight is 367 g/mol. The number of carboxylic acid groups (broad SMARTS) is 1. The number of rotatable bonds is 6. The van der Waals surface area contributed by atoms with Crippen LogP contribution >= 0.6 is 0 Å². The number of benzene rings is 2. The zero-order valence-corrected chi connectivity index (χ0v) is 14.9. The van der Waals surface area contributed by atoms with Gasteiger partial charge in [-0.25, -0.2) is 9.59 Å². The molecule has 0 saturated heterocycles. The minimum atomic E-state index is -1.02. The molecule has 3 amide bonds. The van der Waals surface area contributed by atoms with Gasteiger partial charge >= 0.3 is 12.0 Å². The Kier molecular flexibility index (Phi) is 5.40. The minimum absolute atomic E-state index is 0.0157. The van der Waals surface area contributed by atoms with Gasteiger partial charge in [0.1, 0.15) is 6.04 Å². The number of carbonyl (C=O) groups excluding carboxylic acids is 2. The van der Waals surface area contributed by atoms with E-state index in [4.69, 9.17) is 0 Å². The van der Waals surface area contributed by atoms with E-state index in [1.165, 1.54) is 11.8 Å². The lowest BCUT2D eigenvalue weighted by molar-refractivity contribution is -0.141. The molecule has 1 fully saturated rings. The Morgan fingerprint density at radius 3 is 2.04 bits per heavy atom. The van der Waals surface area contributed by atoms with Gasteiger partial charge in [0, 0.05) is 23.0 Å². The summed E-state index contributed by atoms with van der Waals surface area (Å²) >= 11 is 0. The van der Waals surface area contributed by atoms with E-state index < -0.39 is 12.0 Å². The molecule has 1 aliphatic rings. The van der Waals surface area contributed by atoms with Gasteiger partial charge < -0.3 is 20.6 Å². The lowest BCUT2D eigenvalue weighted by Crippen LogP contribution is -2.44. The van der Waals surface area contributed by atoms with Crippen molar-refractivity contribution in [3.05, 3.63) is 60.2 Å². The zero-order valence-electron chi connectivity index (χ0n) is 14.9. The van der Waals surface area contributed by atoms with Gasteiger partial charge in [-0.3, -0.25) is 4.79 Å². The van der Waals surface area contributed by atoms with Gasteiger partial charge in [-0.2, -0.15) is 0 Å². The summed E-state index contributed by atoms with van der Waals surface area (Å²) < 4.78 is 0. The standard InChI is InChI=1S/C20H21N3O4/c1-13(19(25)26)23(17-11-12-17)18(24)14-7-9-16(10-8-14)22-20(27)21-15-5-3-2-4-6-15/h2-10,13,17H,11-12H2,1H3,(H,25,26)(H2,21,22,27). The second-order valence-electron chi connectivity index (χ2n) is 6.48. The van der Waals surface area contributed by atoms with Gasteiger partial charge in [-0.1, -0.05) is 18.2 Å². The van der Waals surface area contributed by atoms with Crippen molar-refractivity contribution in [2.45, 2.75) is 31.8 Å². The Hall–Kier alpha value is -3.35. The molecule has 0 bridgehead atoms. The largest absolute Gasteiger partial charge is 0.480 e. The van der Waals surface area contributed by atoms with E-state index in [2.05, 4.69) is 10.6 Å². The number of anilines is 2. The van der Waals surface area contributed by atoms with Gasteiger partial charge in [0.05, 0.1) is 0 Å². The summed E-state index contributed by atoms with van der Waals surface area (Å²) in [5.74, 6) is -1.33. The minimum Gasteiger partial charge on any atom is -0.480 e. The fourth-order valence-electron chi connectivity index (χ4n) is 2.79. The summed E-state index contributed by atoms with van der Waals surface area (Å²) in [6.07, 6.45) is 1.64. The molecule has 0 spiro atoms. The summed E-state index contributed by atoms with van der Waals surface area (Å²) in [5, 5.41) is 14.6. The molecule has 0 radical (unpaired) electrons. The first kappa shape index (κ1) is 18.4. The van der Waals surface area contributed by atoms with E-state index in [0.29, 0.717) is 16.9 Å². The monoisotopic (exact) mass is 367 g/mol. The quantitative estimate of drug-likeness (QED) is 0.729. The highest BCUT2D eigenvalue weighted by Gasteiger charge is 2.38. The highest BCUT2D eigenvalue weighted by Crippen LogP contribution is 2.30. The summed E-state index contributed by atoms with van der Waals surface area (Å²) in [6, 6.07) is 14.2. The molecule has 3 rings (SSSR count). The van der Waals surface area contributed by atoms with Crippen LogP contribution in [0.4, 0.5) is 16.2 Å². The zero-order chi connectivity index (χ0) is 19.4. The van der Waals surface area contributed by atoms with Gasteiger partial charge in [0.15, 0.2) is 0 Å². The van der Waals surface area contributed by atoms with Gasteiger partial charge in [0.2, 0.25) is 0 Å². The lowest BCUT2D eigenvalue weighted by atomic mass is 10.1. The van der Waals surface area contributed by atoms with E-state index in [0.717, 1.165) is 12.8 Å². The van der Waals surface area contributed by atoms with Gasteiger partial charge in [-0.05, 0) is 56.2 Å². The van der Waals surface area contributed by atoms with Crippen molar-refractivity contribution in [1.29, 1.82) is 0 Å². The molecule has 2 aromatic carbocycles. The molecular formula is C20H21N3O4. The van der Waals surface area contributed by atoms with Crippen LogP contribution in [0.1, 0.15) is 30.1 Å². The van der Waals surface area contributed by atoms with Crippen molar-refractivity contribution in [2.24, 2.45) is 0 Å². The molecule has 1 aliphatic carbocycles. The predicted molar refractivity (Wildman–Crippen MR) is 102 cm³/mol. The maximum Gasteiger partial charge on any atom is 0.326 e. The third-order valence-electron chi connectivity index (χ3n) is 4.37. The molecule has 7 nitrogen and oxygen atoms in total. The first-order valence-electron chi connectivity index (χ1n) is 8.74. The highest BCUT2D eigenvalue weighted by atomic mass is 16.4. The first-order valence-corrected chi connectivity index (χ1v) is 8.74. The number of aliphatic carboxylic acids is 1. The van der Waals surface area contributed by atoms with Crippen molar-refractivity contribution in [2.75, 3.05) is 10.6 Å². The Morgan fingerprint density at radius 2 is 1.52 bits per heavy atom. The van der Waals surface area contributed by atoms with Crippen molar-refractivity contribution in [1.82, 2.24) is 4.90 Å². The number of hydrogen-bond acceptors (Lipinski definition) is 3. The van der Waals surface area contributed by atoms with Crippen molar-refractivity contribution in [3.63, 3.8) is 0 Å². The average Bonchev–Trinajstić information content (AvgIpc) is 3.48. The number of hydrogen-bond donors (Lipinski definition) is 3. The molecule has 2 aromatic rings. The van der Waals surface area contributed by atoms with E-state index >= 15 is 0 Å². The van der Waals surface area contributed by atoms with Crippen molar-refractivity contribution >= 4 is 29.3 Å². The van der Waals surface area contributed by atoms with Gasteiger partial charge in [0.25, 0.3) is 5.91 Å². The predicted octanol–water partition coefficient (Wildman–Crippen LogP) is 3.41. The van der Waals surface area contributed by atoms with Crippen LogP contribution in [0, 0.1) is 0 Å². The summed E-state index contributed by atoms with van der Waals surface area (Å²) in [4.78, 5) is 37.4. The number of nitrogens with one attached hydrogen (secondary N) is 2. The molecule has 140 valence electrons. The Labute approximate surface area is 157 Å². The Morgan fingerprint density at radius 1 is 0.963 bits per heavy atom. The maximum atomic E-state index is 12.7. The topological polar surface area (TPSA) is 98.7 Å². The number of para-hydroxylation sites is 1. The molecule has 1 unspecified atom stereocenters. The van der Waals surface area contributed by atoms with Crippen LogP contribution in [0.25, 0.3) is 0 Å². The van der Waals surface area contributed by atoms with E-state index in [9.17, 15) is 19.5 Å². The van der Waals surface area contributed by atoms with Crippen LogP contribution in [0.15, 0.2) is 54.6 Å². The number of carbonyl (C=O) groups is 3. The number of nitrogens with zero attached hydrogens (tertiary/aromatic N) is 1. The van der Waals surface area contributed by atoms with Crippen LogP contribution in [-0.4, -0.2) is 40.0 Å². The summed E-state index contributed by atoms with van der Waals surface area (Å²) in [7, 11) is 0. The molecule has 0 aliphatic heterocycles. The van der Waals surface area contributed by atoms with E-state index in [1.54, 1.807) is 36.4 Å². The maximum absolute atomic E-state index is 12.7. The Balaban J connectivity index is 1.64. The molecule has 27 heavy (non-hydrogen) atoms. The fraction of sp³-hybridized carbons (Fsp3) is 0.250. The first-order chi connectivity index (χ1) is 13.0. The number of amides is 3. The van der Waals surface area contributed by atoms with Crippen LogP contribution in [0.3, 0.4) is 0 Å². The second-order valence-corrected chi connectivity index (χ2v) is 6.48. The van der Waals surface area contributed by atoms with Crippen LogP contribution in [0.5, 0.6) is 0 Å². The smallest absolute Gasteiger partial charge is 0.326 e. The van der Waals surface area contributed by atoms with E-state index in [-0.39, 0.29) is 18.0 Å². The Bertz CT molecular complexity index is 832. The molecule has 3 N–H and O–H groups in total. The SMILES string of the molecule is CC(C(=O)O)N(C(=O)c1ccc(NC(=O)Nc2ccccc2)cc1)C1CC1. The molecule has 0 aromatic heterocycles. The van der Waals surface area contributed by atoms with Crippen molar-refractivity contribution < 1.29 is 19.5 Å². The number of urea groups is 1. The summed E-state index contributed by atoms with van der Waals surface area (Å²) in [5.41, 5.74) is 1.60. The lowest BCUT2D eigenvalue weighted by Gasteiger charge is -2.26. The molecule has 1 saturated carbocycles. The molecule has 7 heteroatoms. The molecule has 0 heterocycles. The van der Waals surface area contributed by atoms with Crippen LogP contribution in [-0.2, 0) is 4.79 Å². The van der Waals surface area contributed by atoms with Crippen LogP contribution in [0.2, 0.25) is 0 Å². The van der Waals surface area contributed by atoms with Gasteiger partial charge in [-0.15, -0.1) is 0 Å². The highest BCUT2D eigenvalue weighted by molar-refractivity contribution is 6.01. The molecule has 1 atom stereocenters. The number of carboxylic acids is 1. The second kappa shape index (κ2) is 7.90. The molecular weight excluding hydrogens is 346 g/mol. The van der Waals surface area contributed by atoms with E-state index in [1.807, 2.05) is 18.2 Å². The summed E-state index contributed by atoms with van der Waals surface area (Å²) in [6.45, 7) is 1.52. The third-order valence-corrected chi connectivity index (χ3v) is 4.37. The normalized spacial score (nSPS) is 14.1.